The van der Waals surface area contributed by atoms with Crippen molar-refractivity contribution in [1.82, 2.24) is 15.1 Å². The van der Waals surface area contributed by atoms with Gasteiger partial charge in [0, 0.05) is 24.8 Å². The Morgan fingerprint density at radius 3 is 2.56 bits per heavy atom. The molecule has 1 N–H and O–H groups in total. The summed E-state index contributed by atoms with van der Waals surface area (Å²) in [6.45, 7) is 15.3. The average molecular weight is 251 g/mol. The number of hydrogen-bond acceptors (Lipinski definition) is 2. The third-order valence-corrected chi connectivity index (χ3v) is 3.68. The highest BCUT2D eigenvalue weighted by Crippen LogP contribution is 2.26. The smallest absolute Gasteiger partial charge is 0.0596 e. The lowest BCUT2D eigenvalue weighted by atomic mass is 9.82. The Balaban J connectivity index is 2.77. The molecule has 0 bridgehead atoms. The van der Waals surface area contributed by atoms with Crippen LogP contribution in [-0.2, 0) is 13.0 Å². The van der Waals surface area contributed by atoms with Crippen LogP contribution >= 0.6 is 0 Å². The van der Waals surface area contributed by atoms with Crippen LogP contribution in [-0.4, -0.2) is 22.4 Å². The van der Waals surface area contributed by atoms with Crippen LogP contribution < -0.4 is 5.32 Å². The van der Waals surface area contributed by atoms with Crippen molar-refractivity contribution in [3.05, 3.63) is 17.5 Å². The van der Waals surface area contributed by atoms with E-state index in [4.69, 9.17) is 0 Å². The van der Waals surface area contributed by atoms with Gasteiger partial charge in [0.15, 0.2) is 0 Å². The maximum absolute atomic E-state index is 4.54. The van der Waals surface area contributed by atoms with Crippen molar-refractivity contribution in [2.45, 2.75) is 67.0 Å². The first-order valence-corrected chi connectivity index (χ1v) is 7.17. The third kappa shape index (κ3) is 4.13. The summed E-state index contributed by atoms with van der Waals surface area (Å²) < 4.78 is 2.14. The van der Waals surface area contributed by atoms with Crippen molar-refractivity contribution in [2.75, 3.05) is 6.54 Å². The van der Waals surface area contributed by atoms with Crippen molar-refractivity contribution in [2.24, 2.45) is 5.41 Å². The summed E-state index contributed by atoms with van der Waals surface area (Å²) in [5.41, 5.74) is 2.80. The van der Waals surface area contributed by atoms with Crippen molar-refractivity contribution in [3.63, 3.8) is 0 Å². The predicted molar refractivity (Wildman–Crippen MR) is 77.9 cm³/mol. The molecule has 104 valence electrons. The molecule has 0 radical (unpaired) electrons. The van der Waals surface area contributed by atoms with Gasteiger partial charge in [0.25, 0.3) is 0 Å². The molecule has 0 saturated heterocycles. The van der Waals surface area contributed by atoms with Gasteiger partial charge in [0.05, 0.1) is 5.69 Å². The van der Waals surface area contributed by atoms with E-state index >= 15 is 0 Å². The molecule has 1 unspecified atom stereocenters. The molecular weight excluding hydrogens is 222 g/mol. The number of nitrogens with one attached hydrogen (secondary N) is 1. The van der Waals surface area contributed by atoms with Crippen LogP contribution in [0.5, 0.6) is 0 Å². The van der Waals surface area contributed by atoms with Crippen LogP contribution in [0.1, 0.15) is 52.4 Å². The molecule has 0 spiro atoms. The molecule has 0 aromatic carbocycles. The van der Waals surface area contributed by atoms with Crippen molar-refractivity contribution in [3.8, 4) is 0 Å². The number of aromatic nitrogens is 2. The van der Waals surface area contributed by atoms with Gasteiger partial charge in [-0.1, -0.05) is 27.7 Å². The molecule has 3 heteroatoms. The summed E-state index contributed by atoms with van der Waals surface area (Å²) in [5, 5.41) is 8.11. The van der Waals surface area contributed by atoms with E-state index < -0.39 is 0 Å². The van der Waals surface area contributed by atoms with Crippen LogP contribution in [0.2, 0.25) is 0 Å². The second kappa shape index (κ2) is 6.37. The van der Waals surface area contributed by atoms with E-state index in [1.807, 2.05) is 0 Å². The van der Waals surface area contributed by atoms with Crippen molar-refractivity contribution >= 4 is 0 Å². The molecule has 1 atom stereocenters. The van der Waals surface area contributed by atoms with Crippen LogP contribution in [0.4, 0.5) is 0 Å². The Morgan fingerprint density at radius 1 is 1.39 bits per heavy atom. The first-order chi connectivity index (χ1) is 8.40. The molecule has 0 aliphatic carbocycles. The number of nitrogens with zero attached hydrogens (tertiary/aromatic N) is 2. The van der Waals surface area contributed by atoms with Crippen molar-refractivity contribution in [1.29, 1.82) is 0 Å². The highest BCUT2D eigenvalue weighted by molar-refractivity contribution is 5.11. The van der Waals surface area contributed by atoms with Gasteiger partial charge in [-0.3, -0.25) is 4.68 Å². The highest BCUT2D eigenvalue weighted by Gasteiger charge is 2.24. The standard InChI is InChI=1S/C15H29N3/c1-7-15(6,11-16-12(3)4)10-14-9-13(5)17-18(14)8-2/h9,12,16H,7-8,10-11H2,1-6H3. The van der Waals surface area contributed by atoms with Gasteiger partial charge >= 0.3 is 0 Å². The van der Waals surface area contributed by atoms with E-state index in [2.05, 4.69) is 62.7 Å². The first-order valence-electron chi connectivity index (χ1n) is 7.17. The minimum atomic E-state index is 0.309. The molecule has 1 aromatic rings. The molecule has 1 rings (SSSR count). The Hall–Kier alpha value is -0.830. The Morgan fingerprint density at radius 2 is 2.06 bits per heavy atom. The molecular formula is C15H29N3. The molecule has 0 fully saturated rings. The minimum Gasteiger partial charge on any atom is -0.314 e. The fourth-order valence-electron chi connectivity index (χ4n) is 2.22. The molecule has 1 heterocycles. The maximum Gasteiger partial charge on any atom is 0.0596 e. The van der Waals surface area contributed by atoms with Crippen LogP contribution in [0.3, 0.4) is 0 Å². The van der Waals surface area contributed by atoms with Crippen LogP contribution in [0, 0.1) is 12.3 Å². The fourth-order valence-corrected chi connectivity index (χ4v) is 2.22. The van der Waals surface area contributed by atoms with E-state index in [0.29, 0.717) is 11.5 Å². The van der Waals surface area contributed by atoms with Gasteiger partial charge in [0.2, 0.25) is 0 Å². The van der Waals surface area contributed by atoms with E-state index in [0.717, 1.165) is 25.2 Å². The first kappa shape index (κ1) is 15.2. The second-order valence-electron chi connectivity index (χ2n) is 5.97. The summed E-state index contributed by atoms with van der Waals surface area (Å²) in [7, 11) is 0. The van der Waals surface area contributed by atoms with Gasteiger partial charge in [0.1, 0.15) is 0 Å². The molecule has 3 nitrogen and oxygen atoms in total. The van der Waals surface area contributed by atoms with Crippen LogP contribution in [0.15, 0.2) is 6.07 Å². The number of hydrogen-bond donors (Lipinski definition) is 1. The quantitative estimate of drug-likeness (QED) is 0.806. The number of aryl methyl sites for hydroxylation is 2. The SMILES string of the molecule is CCn1nc(C)cc1CC(C)(CC)CNC(C)C. The normalized spacial score (nSPS) is 15.1. The minimum absolute atomic E-state index is 0.309. The zero-order valence-electron chi connectivity index (χ0n) is 12.9. The Bertz CT molecular complexity index is 368. The molecule has 18 heavy (non-hydrogen) atoms. The maximum atomic E-state index is 4.54. The van der Waals surface area contributed by atoms with Gasteiger partial charge in [-0.2, -0.15) is 5.10 Å². The zero-order chi connectivity index (χ0) is 13.8. The molecule has 0 aliphatic heterocycles. The third-order valence-electron chi connectivity index (χ3n) is 3.68. The van der Waals surface area contributed by atoms with Gasteiger partial charge in [-0.15, -0.1) is 0 Å². The monoisotopic (exact) mass is 251 g/mol. The molecule has 1 aromatic heterocycles. The topological polar surface area (TPSA) is 29.9 Å². The molecule has 0 saturated carbocycles. The van der Waals surface area contributed by atoms with Gasteiger partial charge in [-0.25, -0.2) is 0 Å². The number of rotatable bonds is 7. The fraction of sp³-hybridized carbons (Fsp3) is 0.800. The Labute approximate surface area is 112 Å². The second-order valence-corrected chi connectivity index (χ2v) is 5.97. The van der Waals surface area contributed by atoms with E-state index in [-0.39, 0.29) is 0 Å². The summed E-state index contributed by atoms with van der Waals surface area (Å²) in [4.78, 5) is 0. The summed E-state index contributed by atoms with van der Waals surface area (Å²) in [5.74, 6) is 0. The van der Waals surface area contributed by atoms with E-state index in [1.165, 1.54) is 12.1 Å². The molecule has 0 aliphatic rings. The highest BCUT2D eigenvalue weighted by atomic mass is 15.3. The van der Waals surface area contributed by atoms with Crippen LogP contribution in [0.25, 0.3) is 0 Å². The lowest BCUT2D eigenvalue weighted by Crippen LogP contribution is -2.37. The van der Waals surface area contributed by atoms with E-state index in [9.17, 15) is 0 Å². The lowest BCUT2D eigenvalue weighted by Gasteiger charge is -2.30. The average Bonchev–Trinajstić information content (AvgIpc) is 2.66. The predicted octanol–water partition coefficient (Wildman–Crippen LogP) is 3.17. The Kier molecular flexibility index (Phi) is 5.39. The van der Waals surface area contributed by atoms with Gasteiger partial charge < -0.3 is 5.32 Å². The zero-order valence-corrected chi connectivity index (χ0v) is 12.9. The summed E-state index contributed by atoms with van der Waals surface area (Å²) >= 11 is 0. The van der Waals surface area contributed by atoms with Crippen molar-refractivity contribution < 1.29 is 0 Å². The van der Waals surface area contributed by atoms with Gasteiger partial charge in [-0.05, 0) is 38.2 Å². The summed E-state index contributed by atoms with van der Waals surface area (Å²) in [6.07, 6.45) is 2.28. The van der Waals surface area contributed by atoms with E-state index in [1.54, 1.807) is 0 Å². The largest absolute Gasteiger partial charge is 0.314 e. The summed E-state index contributed by atoms with van der Waals surface area (Å²) in [6, 6.07) is 2.78. The lowest BCUT2D eigenvalue weighted by molar-refractivity contribution is 0.274. The molecule has 0 amide bonds.